The summed E-state index contributed by atoms with van der Waals surface area (Å²) >= 11 is 0. The van der Waals surface area contributed by atoms with E-state index in [-0.39, 0.29) is 22.3 Å². The molecule has 2 aliphatic rings. The van der Waals surface area contributed by atoms with Gasteiger partial charge in [-0.15, -0.1) is 0 Å². The van der Waals surface area contributed by atoms with E-state index in [1.807, 2.05) is 0 Å². The Hall–Kier alpha value is -3.81. The van der Waals surface area contributed by atoms with Crippen LogP contribution in [0.1, 0.15) is 55.3 Å². The van der Waals surface area contributed by atoms with Crippen LogP contribution in [0.25, 0.3) is 0 Å². The molecule has 0 bridgehead atoms. The molecule has 0 saturated heterocycles. The molecule has 1 atom stereocenters. The third-order valence-electron chi connectivity index (χ3n) is 4.91. The summed E-state index contributed by atoms with van der Waals surface area (Å²) in [6, 6.07) is 11.0. The van der Waals surface area contributed by atoms with Crippen LogP contribution >= 0.6 is 0 Å². The lowest BCUT2D eigenvalue weighted by Gasteiger charge is -2.28. The first-order valence-electron chi connectivity index (χ1n) is 8.99. The van der Waals surface area contributed by atoms with Crippen LogP contribution in [0.3, 0.4) is 0 Å². The largest absolute Gasteiger partial charge is 0.356 e. The minimum atomic E-state index is -1.30. The van der Waals surface area contributed by atoms with E-state index in [1.165, 1.54) is 24.3 Å². The first-order chi connectivity index (χ1) is 13.8. The number of hydrogen-bond acceptors (Lipinski definition) is 6. The molecule has 4 rings (SSSR count). The van der Waals surface area contributed by atoms with Gasteiger partial charge in [0.05, 0.1) is 22.3 Å². The van der Waals surface area contributed by atoms with Gasteiger partial charge in [0.2, 0.25) is 0 Å². The van der Waals surface area contributed by atoms with Gasteiger partial charge in [-0.2, -0.15) is 0 Å². The van der Waals surface area contributed by atoms with E-state index >= 15 is 0 Å². The van der Waals surface area contributed by atoms with Gasteiger partial charge in [0, 0.05) is 0 Å². The molecule has 0 aromatic heterocycles. The van der Waals surface area contributed by atoms with Crippen LogP contribution in [-0.2, 0) is 9.63 Å². The van der Waals surface area contributed by atoms with Gasteiger partial charge in [-0.05, 0) is 30.2 Å². The molecule has 8 nitrogen and oxygen atoms in total. The molecule has 1 unspecified atom stereocenters. The van der Waals surface area contributed by atoms with Crippen molar-refractivity contribution >= 4 is 29.6 Å². The lowest BCUT2D eigenvalue weighted by molar-refractivity contribution is -0.174. The zero-order valence-corrected chi connectivity index (χ0v) is 15.6. The Morgan fingerprint density at radius 2 is 1.10 bits per heavy atom. The summed E-state index contributed by atoms with van der Waals surface area (Å²) in [5, 5.41) is 0.376. The maximum atomic E-state index is 12.9. The van der Waals surface area contributed by atoms with Crippen LogP contribution in [-0.4, -0.2) is 45.6 Å². The second kappa shape index (κ2) is 6.66. The Labute approximate surface area is 165 Å². The fourth-order valence-electron chi connectivity index (χ4n) is 3.53. The van der Waals surface area contributed by atoms with Gasteiger partial charge in [-0.25, -0.2) is 4.79 Å². The number of nitrogens with zero attached hydrogens (tertiary/aromatic N) is 2. The van der Waals surface area contributed by atoms with Crippen molar-refractivity contribution in [3.63, 3.8) is 0 Å². The monoisotopic (exact) mass is 392 g/mol. The summed E-state index contributed by atoms with van der Waals surface area (Å²) in [6.07, 6.45) is 0. The van der Waals surface area contributed by atoms with E-state index in [9.17, 15) is 24.0 Å². The van der Waals surface area contributed by atoms with Crippen LogP contribution in [0.4, 0.5) is 0 Å². The number of imide groups is 2. The Kier molecular flexibility index (Phi) is 4.26. The number of carbonyl (C=O) groups is 5. The molecule has 0 spiro atoms. The van der Waals surface area contributed by atoms with Crippen molar-refractivity contribution in [3.8, 4) is 0 Å². The Morgan fingerprint density at radius 3 is 1.48 bits per heavy atom. The van der Waals surface area contributed by atoms with Crippen LogP contribution in [0.2, 0.25) is 0 Å². The van der Waals surface area contributed by atoms with Crippen LogP contribution < -0.4 is 0 Å². The summed E-state index contributed by atoms with van der Waals surface area (Å²) in [5.74, 6) is -4.34. The highest BCUT2D eigenvalue weighted by molar-refractivity contribution is 6.23. The second-order valence-electron chi connectivity index (χ2n) is 7.08. The number of hydrogen-bond donors (Lipinski definition) is 0. The first kappa shape index (κ1) is 18.5. The summed E-state index contributed by atoms with van der Waals surface area (Å²) < 4.78 is 0. The van der Waals surface area contributed by atoms with Crippen molar-refractivity contribution in [1.82, 2.24) is 9.96 Å². The average Bonchev–Trinajstić information content (AvgIpc) is 3.09. The van der Waals surface area contributed by atoms with E-state index in [0.29, 0.717) is 5.06 Å². The van der Waals surface area contributed by atoms with Gasteiger partial charge in [0.1, 0.15) is 6.04 Å². The number of carbonyl (C=O) groups excluding carboxylic acids is 5. The topological polar surface area (TPSA) is 101 Å². The molecule has 0 fully saturated rings. The molecule has 0 N–H and O–H groups in total. The van der Waals surface area contributed by atoms with Crippen LogP contribution in [0.15, 0.2) is 48.5 Å². The zero-order chi connectivity index (χ0) is 20.9. The lowest BCUT2D eigenvalue weighted by atomic mass is 10.0. The van der Waals surface area contributed by atoms with E-state index in [4.69, 9.17) is 4.84 Å². The van der Waals surface area contributed by atoms with Crippen molar-refractivity contribution in [2.75, 3.05) is 0 Å². The number of fused-ring (bicyclic) bond motifs is 2. The fraction of sp³-hybridized carbons (Fsp3) is 0.190. The molecule has 8 heteroatoms. The van der Waals surface area contributed by atoms with Crippen molar-refractivity contribution in [3.05, 3.63) is 70.8 Å². The molecule has 0 saturated carbocycles. The van der Waals surface area contributed by atoms with E-state index < -0.39 is 41.6 Å². The fourth-order valence-corrected chi connectivity index (χ4v) is 3.53. The molecular weight excluding hydrogens is 376 g/mol. The minimum Gasteiger partial charge on any atom is -0.327 e. The van der Waals surface area contributed by atoms with Gasteiger partial charge >= 0.3 is 5.97 Å². The van der Waals surface area contributed by atoms with Crippen molar-refractivity contribution in [2.45, 2.75) is 19.9 Å². The molecule has 2 aromatic carbocycles. The second-order valence-corrected chi connectivity index (χ2v) is 7.08. The van der Waals surface area contributed by atoms with Crippen molar-refractivity contribution in [2.24, 2.45) is 5.92 Å². The smallest absolute Gasteiger partial charge is 0.327 e. The zero-order valence-electron chi connectivity index (χ0n) is 15.6. The summed E-state index contributed by atoms with van der Waals surface area (Å²) in [5.41, 5.74) is 0.618. The summed E-state index contributed by atoms with van der Waals surface area (Å²) in [6.45, 7) is 3.27. The number of hydroxylamine groups is 2. The van der Waals surface area contributed by atoms with E-state index in [1.54, 1.807) is 38.1 Å². The van der Waals surface area contributed by atoms with Gasteiger partial charge in [-0.1, -0.05) is 43.2 Å². The quantitative estimate of drug-likeness (QED) is 0.739. The number of amides is 4. The predicted octanol–water partition coefficient (Wildman–Crippen LogP) is 2.06. The number of benzene rings is 2. The summed E-state index contributed by atoms with van der Waals surface area (Å²) in [4.78, 5) is 69.2. The third-order valence-corrected chi connectivity index (χ3v) is 4.91. The normalized spacial score (nSPS) is 16.4. The van der Waals surface area contributed by atoms with Crippen LogP contribution in [0.5, 0.6) is 0 Å². The van der Waals surface area contributed by atoms with E-state index in [0.717, 1.165) is 4.90 Å². The van der Waals surface area contributed by atoms with Gasteiger partial charge < -0.3 is 4.84 Å². The highest BCUT2D eigenvalue weighted by Gasteiger charge is 2.47. The number of rotatable bonds is 4. The summed E-state index contributed by atoms with van der Waals surface area (Å²) in [7, 11) is 0. The Balaban J connectivity index is 1.62. The predicted molar refractivity (Wildman–Crippen MR) is 98.6 cm³/mol. The lowest BCUT2D eigenvalue weighted by Crippen LogP contribution is -2.50. The molecule has 146 valence electrons. The van der Waals surface area contributed by atoms with Crippen molar-refractivity contribution in [1.29, 1.82) is 0 Å². The third kappa shape index (κ3) is 2.72. The van der Waals surface area contributed by atoms with Crippen LogP contribution in [0, 0.1) is 5.92 Å². The molecule has 29 heavy (non-hydrogen) atoms. The molecule has 0 radical (unpaired) electrons. The minimum absolute atomic E-state index is 0.118. The maximum absolute atomic E-state index is 12.9. The molecule has 2 aromatic rings. The SMILES string of the molecule is CC(C)C(C(=O)ON1C(=O)c2ccccc2C1=O)N1C(=O)c2ccccc2C1=O. The maximum Gasteiger partial charge on any atom is 0.356 e. The molecule has 4 amide bonds. The average molecular weight is 392 g/mol. The molecular formula is C21H16N2O6. The molecule has 2 aliphatic heterocycles. The standard InChI is InChI=1S/C21H16N2O6/c1-11(2)16(22-17(24)12-7-3-4-8-13(12)18(22)25)21(28)29-23-19(26)14-9-5-6-10-15(14)20(23)27/h3-11,16H,1-2H3. The molecule has 0 aliphatic carbocycles. The molecule has 2 heterocycles. The van der Waals surface area contributed by atoms with E-state index in [2.05, 4.69) is 0 Å². The van der Waals surface area contributed by atoms with Gasteiger partial charge in [-0.3, -0.25) is 24.1 Å². The Morgan fingerprint density at radius 1 is 0.724 bits per heavy atom. The first-order valence-corrected chi connectivity index (χ1v) is 8.99. The van der Waals surface area contributed by atoms with Crippen molar-refractivity contribution < 1.29 is 28.8 Å². The Bertz CT molecular complexity index is 1020. The van der Waals surface area contributed by atoms with Gasteiger partial charge in [0.15, 0.2) is 0 Å². The highest BCUT2D eigenvalue weighted by atomic mass is 16.7. The highest BCUT2D eigenvalue weighted by Crippen LogP contribution is 2.29. The van der Waals surface area contributed by atoms with Gasteiger partial charge in [0.25, 0.3) is 23.6 Å².